The number of likely N-dealkylation sites (N-methyl/N-ethyl adjacent to an activating group) is 1. The van der Waals surface area contributed by atoms with Crippen LogP contribution in [0.2, 0.25) is 0 Å². The van der Waals surface area contributed by atoms with Gasteiger partial charge >= 0.3 is 0 Å². The molecular weight excluding hydrogens is 311 g/mol. The van der Waals surface area contributed by atoms with E-state index >= 15 is 0 Å². The van der Waals surface area contributed by atoms with E-state index in [-0.39, 0.29) is 5.82 Å². The molecule has 0 radical (unpaired) electrons. The summed E-state index contributed by atoms with van der Waals surface area (Å²) in [4.78, 5) is 7.74. The highest BCUT2D eigenvalue weighted by atomic mass is 32.1. The first-order valence-electron chi connectivity index (χ1n) is 7.49. The Morgan fingerprint density at radius 3 is 2.52 bits per heavy atom. The van der Waals surface area contributed by atoms with Crippen molar-refractivity contribution in [3.05, 3.63) is 58.0 Å². The minimum atomic E-state index is -0.221. The van der Waals surface area contributed by atoms with Gasteiger partial charge in [0.25, 0.3) is 0 Å². The first kappa shape index (κ1) is 17.4. The fourth-order valence-corrected chi connectivity index (χ4v) is 3.14. The molecule has 23 heavy (non-hydrogen) atoms. The highest BCUT2D eigenvalue weighted by Gasteiger charge is 2.15. The van der Waals surface area contributed by atoms with Crippen molar-refractivity contribution in [2.24, 2.45) is 4.99 Å². The SMILES string of the molecule is CN=C(NCc1ccc(F)cc1)NCC(c1cccs1)N(C)C. The van der Waals surface area contributed by atoms with Gasteiger partial charge in [-0.25, -0.2) is 4.39 Å². The largest absolute Gasteiger partial charge is 0.354 e. The molecule has 1 unspecified atom stereocenters. The van der Waals surface area contributed by atoms with Gasteiger partial charge in [0.2, 0.25) is 0 Å². The highest BCUT2D eigenvalue weighted by molar-refractivity contribution is 7.10. The average molecular weight is 334 g/mol. The zero-order valence-corrected chi connectivity index (χ0v) is 14.5. The van der Waals surface area contributed by atoms with E-state index in [4.69, 9.17) is 0 Å². The van der Waals surface area contributed by atoms with Crippen LogP contribution in [0, 0.1) is 5.82 Å². The number of aliphatic imine (C=N–C) groups is 1. The van der Waals surface area contributed by atoms with Crippen LogP contribution in [-0.2, 0) is 6.54 Å². The second-order valence-corrected chi connectivity index (χ2v) is 6.41. The van der Waals surface area contributed by atoms with Crippen molar-refractivity contribution in [2.75, 3.05) is 27.7 Å². The maximum atomic E-state index is 12.9. The molecular formula is C17H23FN4S. The molecule has 1 aromatic heterocycles. The molecule has 4 nitrogen and oxygen atoms in total. The summed E-state index contributed by atoms with van der Waals surface area (Å²) in [5.74, 6) is 0.513. The molecule has 0 spiro atoms. The van der Waals surface area contributed by atoms with Crippen LogP contribution < -0.4 is 10.6 Å². The molecule has 1 atom stereocenters. The Morgan fingerprint density at radius 1 is 1.22 bits per heavy atom. The second kappa shape index (κ2) is 8.64. The zero-order chi connectivity index (χ0) is 16.7. The van der Waals surface area contributed by atoms with E-state index in [0.29, 0.717) is 12.6 Å². The monoisotopic (exact) mass is 334 g/mol. The minimum absolute atomic E-state index is 0.221. The summed E-state index contributed by atoms with van der Waals surface area (Å²) in [6.45, 7) is 1.36. The molecule has 0 amide bonds. The van der Waals surface area contributed by atoms with E-state index in [1.807, 2.05) is 0 Å². The molecule has 0 aliphatic rings. The molecule has 0 bridgehead atoms. The zero-order valence-electron chi connectivity index (χ0n) is 13.7. The molecule has 0 saturated carbocycles. The molecule has 0 saturated heterocycles. The molecule has 0 aliphatic carbocycles. The number of halogens is 1. The van der Waals surface area contributed by atoms with Gasteiger partial charge in [0, 0.05) is 25.0 Å². The van der Waals surface area contributed by atoms with Crippen molar-refractivity contribution in [1.29, 1.82) is 0 Å². The third-order valence-electron chi connectivity index (χ3n) is 3.55. The van der Waals surface area contributed by atoms with Crippen LogP contribution in [0.1, 0.15) is 16.5 Å². The Bertz CT molecular complexity index is 608. The Hall–Kier alpha value is -1.92. The van der Waals surface area contributed by atoms with Crippen LogP contribution in [0.3, 0.4) is 0 Å². The summed E-state index contributed by atoms with van der Waals surface area (Å²) in [7, 11) is 5.89. The molecule has 0 aliphatic heterocycles. The van der Waals surface area contributed by atoms with Crippen LogP contribution in [-0.4, -0.2) is 38.5 Å². The number of thiophene rings is 1. The van der Waals surface area contributed by atoms with E-state index in [1.165, 1.54) is 17.0 Å². The predicted octanol–water partition coefficient (Wildman–Crippen LogP) is 2.86. The van der Waals surface area contributed by atoms with E-state index < -0.39 is 0 Å². The van der Waals surface area contributed by atoms with Crippen LogP contribution in [0.25, 0.3) is 0 Å². The van der Waals surface area contributed by atoms with E-state index in [9.17, 15) is 4.39 Å². The smallest absolute Gasteiger partial charge is 0.191 e. The number of benzene rings is 1. The third kappa shape index (κ3) is 5.33. The number of rotatable bonds is 6. The van der Waals surface area contributed by atoms with Gasteiger partial charge in [-0.2, -0.15) is 0 Å². The van der Waals surface area contributed by atoms with Gasteiger partial charge < -0.3 is 15.5 Å². The number of guanidine groups is 1. The number of hydrogen-bond donors (Lipinski definition) is 2. The van der Waals surface area contributed by atoms with Gasteiger partial charge in [-0.1, -0.05) is 18.2 Å². The Labute approximate surface area is 141 Å². The van der Waals surface area contributed by atoms with Crippen molar-refractivity contribution in [3.63, 3.8) is 0 Å². The fourth-order valence-electron chi connectivity index (χ4n) is 2.22. The third-order valence-corrected chi connectivity index (χ3v) is 4.53. The van der Waals surface area contributed by atoms with Gasteiger partial charge in [-0.05, 0) is 43.2 Å². The average Bonchev–Trinajstić information content (AvgIpc) is 3.06. The summed E-state index contributed by atoms with van der Waals surface area (Å²) in [6, 6.07) is 11.0. The quantitative estimate of drug-likeness (QED) is 0.630. The van der Waals surface area contributed by atoms with Crippen molar-refractivity contribution in [1.82, 2.24) is 15.5 Å². The Balaban J connectivity index is 1.88. The number of nitrogens with zero attached hydrogens (tertiary/aromatic N) is 2. The second-order valence-electron chi connectivity index (χ2n) is 5.43. The summed E-state index contributed by atoms with van der Waals surface area (Å²) >= 11 is 1.75. The van der Waals surface area contributed by atoms with Gasteiger partial charge in [0.15, 0.2) is 5.96 Å². The van der Waals surface area contributed by atoms with Gasteiger partial charge in [0.05, 0.1) is 6.04 Å². The summed E-state index contributed by atoms with van der Waals surface area (Å²) in [6.07, 6.45) is 0. The van der Waals surface area contributed by atoms with E-state index in [2.05, 4.69) is 52.1 Å². The molecule has 1 heterocycles. The molecule has 2 rings (SSSR count). The summed E-state index contributed by atoms with van der Waals surface area (Å²) in [5.41, 5.74) is 1.01. The lowest BCUT2D eigenvalue weighted by Crippen LogP contribution is -2.41. The van der Waals surface area contributed by atoms with Gasteiger partial charge in [-0.15, -0.1) is 11.3 Å². The predicted molar refractivity (Wildman–Crippen MR) is 95.3 cm³/mol. The molecule has 124 valence electrons. The van der Waals surface area contributed by atoms with Crippen LogP contribution in [0.5, 0.6) is 0 Å². The molecule has 0 fully saturated rings. The van der Waals surface area contributed by atoms with Crippen LogP contribution in [0.4, 0.5) is 4.39 Å². The lowest BCUT2D eigenvalue weighted by molar-refractivity contribution is 0.302. The van der Waals surface area contributed by atoms with Crippen molar-refractivity contribution < 1.29 is 4.39 Å². The standard InChI is InChI=1S/C17H23FN4S/c1-19-17(20-11-13-6-8-14(18)9-7-13)21-12-15(22(2)3)16-5-4-10-23-16/h4-10,15H,11-12H2,1-3H3,(H2,19,20,21). The fraction of sp³-hybridized carbons (Fsp3) is 0.353. The molecule has 2 N–H and O–H groups in total. The minimum Gasteiger partial charge on any atom is -0.354 e. The van der Waals surface area contributed by atoms with Crippen molar-refractivity contribution >= 4 is 17.3 Å². The lowest BCUT2D eigenvalue weighted by Gasteiger charge is -2.24. The first-order valence-corrected chi connectivity index (χ1v) is 8.37. The molecule has 1 aromatic carbocycles. The number of hydrogen-bond acceptors (Lipinski definition) is 3. The van der Waals surface area contributed by atoms with Gasteiger partial charge in [-0.3, -0.25) is 4.99 Å². The summed E-state index contributed by atoms with van der Waals surface area (Å²) in [5, 5.41) is 8.69. The van der Waals surface area contributed by atoms with Crippen molar-refractivity contribution in [2.45, 2.75) is 12.6 Å². The topological polar surface area (TPSA) is 39.7 Å². The van der Waals surface area contributed by atoms with Crippen molar-refractivity contribution in [3.8, 4) is 0 Å². The molecule has 2 aromatic rings. The Morgan fingerprint density at radius 2 is 1.96 bits per heavy atom. The maximum Gasteiger partial charge on any atom is 0.191 e. The van der Waals surface area contributed by atoms with Crippen LogP contribution >= 0.6 is 11.3 Å². The maximum absolute atomic E-state index is 12.9. The van der Waals surface area contributed by atoms with E-state index in [0.717, 1.165) is 18.1 Å². The number of nitrogens with one attached hydrogen (secondary N) is 2. The summed E-state index contributed by atoms with van der Waals surface area (Å²) < 4.78 is 12.9. The normalized spacial score (nSPS) is 13.2. The van der Waals surface area contributed by atoms with E-state index in [1.54, 1.807) is 30.5 Å². The Kier molecular flexibility index (Phi) is 6.55. The van der Waals surface area contributed by atoms with Crippen LogP contribution in [0.15, 0.2) is 46.8 Å². The lowest BCUT2D eigenvalue weighted by atomic mass is 10.2. The first-order chi connectivity index (χ1) is 11.1. The molecule has 6 heteroatoms. The van der Waals surface area contributed by atoms with Gasteiger partial charge in [0.1, 0.15) is 5.82 Å². The highest BCUT2D eigenvalue weighted by Crippen LogP contribution is 2.22.